The summed E-state index contributed by atoms with van der Waals surface area (Å²) in [5.41, 5.74) is 0.975. The summed E-state index contributed by atoms with van der Waals surface area (Å²) < 4.78 is 10.9. The molecule has 7 nitrogen and oxygen atoms in total. The summed E-state index contributed by atoms with van der Waals surface area (Å²) in [6, 6.07) is 11.0. The van der Waals surface area contributed by atoms with E-state index in [0.717, 1.165) is 22.8 Å². The number of aryl methyl sites for hydroxylation is 1. The number of amides is 2. The lowest BCUT2D eigenvalue weighted by molar-refractivity contribution is -0.138. The number of methoxy groups -OCH3 is 1. The van der Waals surface area contributed by atoms with Crippen LogP contribution in [0, 0.1) is 6.92 Å². The molecular formula is C23H29N3O4. The molecule has 1 saturated heterocycles. The van der Waals surface area contributed by atoms with E-state index in [1.807, 2.05) is 60.4 Å². The Morgan fingerprint density at radius 2 is 2.13 bits per heavy atom. The van der Waals surface area contributed by atoms with Crippen LogP contribution in [0.1, 0.15) is 23.5 Å². The highest BCUT2D eigenvalue weighted by Gasteiger charge is 2.31. The Morgan fingerprint density at radius 3 is 2.87 bits per heavy atom. The maximum Gasteiger partial charge on any atom is 0.237 e. The van der Waals surface area contributed by atoms with Gasteiger partial charge in [-0.25, -0.2) is 0 Å². The molecule has 1 aromatic carbocycles. The first kappa shape index (κ1) is 21.6. The zero-order chi connectivity index (χ0) is 21.5. The number of hydrogen-bond acceptors (Lipinski definition) is 5. The van der Waals surface area contributed by atoms with Crippen LogP contribution in [-0.2, 0) is 16.1 Å². The zero-order valence-electron chi connectivity index (χ0n) is 17.8. The lowest BCUT2D eigenvalue weighted by Gasteiger charge is -2.34. The van der Waals surface area contributed by atoms with Crippen molar-refractivity contribution in [2.75, 3.05) is 33.8 Å². The van der Waals surface area contributed by atoms with Crippen molar-refractivity contribution in [2.45, 2.75) is 25.9 Å². The molecule has 1 atom stereocenters. The number of para-hydroxylation sites is 1. The van der Waals surface area contributed by atoms with Crippen LogP contribution in [0.3, 0.4) is 0 Å². The average molecular weight is 412 g/mol. The summed E-state index contributed by atoms with van der Waals surface area (Å²) in [6.45, 7) is 4.10. The number of nitrogens with zero attached hydrogens (tertiary/aromatic N) is 2. The minimum absolute atomic E-state index is 0.0928. The lowest BCUT2D eigenvalue weighted by atomic mass is 10.1. The van der Waals surface area contributed by atoms with Crippen LogP contribution in [0.4, 0.5) is 0 Å². The molecule has 0 saturated carbocycles. The number of carbonyl (C=O) groups is 2. The van der Waals surface area contributed by atoms with Crippen molar-refractivity contribution in [2.24, 2.45) is 0 Å². The Morgan fingerprint density at radius 1 is 1.33 bits per heavy atom. The number of rotatable bonds is 8. The van der Waals surface area contributed by atoms with Gasteiger partial charge in [0, 0.05) is 32.2 Å². The van der Waals surface area contributed by atoms with E-state index < -0.39 is 6.04 Å². The maximum absolute atomic E-state index is 12.7. The minimum atomic E-state index is -0.491. The molecule has 1 fully saturated rings. The number of nitrogens with one attached hydrogen (secondary N) is 1. The Balaban J connectivity index is 1.61. The zero-order valence-corrected chi connectivity index (χ0v) is 17.8. The largest absolute Gasteiger partial charge is 0.496 e. The van der Waals surface area contributed by atoms with Gasteiger partial charge in [-0.1, -0.05) is 30.4 Å². The van der Waals surface area contributed by atoms with Crippen molar-refractivity contribution >= 4 is 17.9 Å². The average Bonchev–Trinajstić information content (AvgIpc) is 3.15. The second kappa shape index (κ2) is 10.1. The van der Waals surface area contributed by atoms with Crippen molar-refractivity contribution in [3.05, 3.63) is 59.6 Å². The van der Waals surface area contributed by atoms with E-state index >= 15 is 0 Å². The van der Waals surface area contributed by atoms with Gasteiger partial charge in [-0.15, -0.1) is 0 Å². The summed E-state index contributed by atoms with van der Waals surface area (Å²) in [7, 11) is 3.37. The van der Waals surface area contributed by atoms with Crippen molar-refractivity contribution in [1.29, 1.82) is 0 Å². The number of piperazine rings is 1. The summed E-state index contributed by atoms with van der Waals surface area (Å²) in [5, 5.41) is 2.87. The van der Waals surface area contributed by atoms with Gasteiger partial charge >= 0.3 is 0 Å². The number of furan rings is 1. The summed E-state index contributed by atoms with van der Waals surface area (Å²) in [5.74, 6) is 2.14. The third-order valence-corrected chi connectivity index (χ3v) is 5.20. The van der Waals surface area contributed by atoms with E-state index in [-0.39, 0.29) is 18.2 Å². The van der Waals surface area contributed by atoms with E-state index in [9.17, 15) is 9.59 Å². The first-order valence-corrected chi connectivity index (χ1v) is 10.1. The van der Waals surface area contributed by atoms with Gasteiger partial charge < -0.3 is 19.4 Å². The highest BCUT2D eigenvalue weighted by atomic mass is 16.5. The Hall–Kier alpha value is -3.06. The molecule has 1 aliphatic heterocycles. The fourth-order valence-corrected chi connectivity index (χ4v) is 3.53. The van der Waals surface area contributed by atoms with Gasteiger partial charge in [0.25, 0.3) is 0 Å². The van der Waals surface area contributed by atoms with Crippen molar-refractivity contribution in [1.82, 2.24) is 15.1 Å². The van der Waals surface area contributed by atoms with Crippen LogP contribution in [-0.4, -0.2) is 61.4 Å². The van der Waals surface area contributed by atoms with Gasteiger partial charge in [0.05, 0.1) is 26.1 Å². The van der Waals surface area contributed by atoms with Crippen molar-refractivity contribution < 1.29 is 18.7 Å². The molecule has 3 rings (SSSR count). The normalized spacial score (nSPS) is 17.2. The van der Waals surface area contributed by atoms with E-state index in [0.29, 0.717) is 26.2 Å². The molecule has 2 amide bonds. The quantitative estimate of drug-likeness (QED) is 0.722. The summed E-state index contributed by atoms with van der Waals surface area (Å²) in [4.78, 5) is 28.8. The van der Waals surface area contributed by atoms with E-state index in [1.54, 1.807) is 19.1 Å². The van der Waals surface area contributed by atoms with Gasteiger partial charge in [-0.05, 0) is 25.1 Å². The van der Waals surface area contributed by atoms with Crippen LogP contribution in [0.2, 0.25) is 0 Å². The molecule has 0 radical (unpaired) electrons. The van der Waals surface area contributed by atoms with Gasteiger partial charge in [-0.3, -0.25) is 14.5 Å². The highest BCUT2D eigenvalue weighted by Crippen LogP contribution is 2.19. The number of ether oxygens (including phenoxy) is 1. The molecule has 160 valence electrons. The van der Waals surface area contributed by atoms with E-state index in [1.165, 1.54) is 0 Å². The van der Waals surface area contributed by atoms with Gasteiger partial charge in [0.1, 0.15) is 17.3 Å². The van der Waals surface area contributed by atoms with Crippen LogP contribution in [0.5, 0.6) is 5.75 Å². The van der Waals surface area contributed by atoms with E-state index in [4.69, 9.17) is 9.15 Å². The first-order valence-electron chi connectivity index (χ1n) is 10.1. The minimum Gasteiger partial charge on any atom is -0.496 e. The van der Waals surface area contributed by atoms with Gasteiger partial charge in [0.15, 0.2) is 0 Å². The maximum atomic E-state index is 12.7. The lowest BCUT2D eigenvalue weighted by Crippen LogP contribution is -2.56. The SMILES string of the molecule is COc1ccccc1C=CCN1CCNC(=O)C1CC(=O)N(C)Cc1ccc(C)o1. The molecule has 1 aliphatic rings. The fraction of sp³-hybridized carbons (Fsp3) is 0.391. The Labute approximate surface area is 177 Å². The predicted molar refractivity (Wildman–Crippen MR) is 115 cm³/mol. The van der Waals surface area contributed by atoms with Crippen LogP contribution >= 0.6 is 0 Å². The molecule has 1 aromatic heterocycles. The Bertz CT molecular complexity index is 905. The molecule has 0 bridgehead atoms. The van der Waals surface area contributed by atoms with Crippen LogP contribution in [0.15, 0.2) is 46.9 Å². The second-order valence-electron chi connectivity index (χ2n) is 7.41. The molecular weight excluding hydrogens is 382 g/mol. The fourth-order valence-electron chi connectivity index (χ4n) is 3.53. The highest BCUT2D eigenvalue weighted by molar-refractivity contribution is 5.88. The predicted octanol–water partition coefficient (Wildman–Crippen LogP) is 2.46. The number of benzene rings is 1. The topological polar surface area (TPSA) is 75.0 Å². The molecule has 1 N–H and O–H groups in total. The molecule has 7 heteroatoms. The summed E-state index contributed by atoms with van der Waals surface area (Å²) >= 11 is 0. The van der Waals surface area contributed by atoms with E-state index in [2.05, 4.69) is 5.32 Å². The number of carbonyl (C=O) groups excluding carboxylic acids is 2. The molecule has 2 aromatic rings. The first-order chi connectivity index (χ1) is 14.5. The third kappa shape index (κ3) is 5.51. The van der Waals surface area contributed by atoms with Crippen LogP contribution in [0.25, 0.3) is 6.08 Å². The Kier molecular flexibility index (Phi) is 7.30. The van der Waals surface area contributed by atoms with Gasteiger partial charge in [0.2, 0.25) is 11.8 Å². The second-order valence-corrected chi connectivity index (χ2v) is 7.41. The molecule has 30 heavy (non-hydrogen) atoms. The number of hydrogen-bond donors (Lipinski definition) is 1. The van der Waals surface area contributed by atoms with Gasteiger partial charge in [-0.2, -0.15) is 0 Å². The van der Waals surface area contributed by atoms with Crippen molar-refractivity contribution in [3.63, 3.8) is 0 Å². The third-order valence-electron chi connectivity index (χ3n) is 5.20. The molecule has 1 unspecified atom stereocenters. The summed E-state index contributed by atoms with van der Waals surface area (Å²) in [6.07, 6.45) is 4.11. The monoisotopic (exact) mass is 411 g/mol. The molecule has 0 spiro atoms. The smallest absolute Gasteiger partial charge is 0.237 e. The van der Waals surface area contributed by atoms with Crippen molar-refractivity contribution in [3.8, 4) is 5.75 Å². The molecule has 2 heterocycles. The standard InChI is InChI=1S/C23H29N3O4/c1-17-10-11-19(30-17)16-25(2)22(27)15-20-23(28)24-12-14-26(20)13-6-8-18-7-4-5-9-21(18)29-3/h4-11,20H,12-16H2,1-3H3,(H,24,28). The van der Waals surface area contributed by atoms with Crippen LogP contribution < -0.4 is 10.1 Å². The molecule has 0 aliphatic carbocycles.